The Balaban J connectivity index is 1.58. The summed E-state index contributed by atoms with van der Waals surface area (Å²) in [7, 11) is 3.15. The van der Waals surface area contributed by atoms with E-state index >= 15 is 0 Å². The Morgan fingerprint density at radius 2 is 1.83 bits per heavy atom. The van der Waals surface area contributed by atoms with Crippen LogP contribution in [0.15, 0.2) is 82.1 Å². The summed E-state index contributed by atoms with van der Waals surface area (Å²) in [5.41, 5.74) is 6.17. The van der Waals surface area contributed by atoms with E-state index in [4.69, 9.17) is 14.5 Å². The lowest BCUT2D eigenvalue weighted by atomic mass is 9.83. The highest BCUT2D eigenvalue weighted by molar-refractivity contribution is 7.07. The highest BCUT2D eigenvalue weighted by atomic mass is 32.1. The van der Waals surface area contributed by atoms with Gasteiger partial charge in [0, 0.05) is 5.56 Å². The van der Waals surface area contributed by atoms with Crippen molar-refractivity contribution in [3.05, 3.63) is 114 Å². The molecule has 0 radical (unpaired) electrons. The minimum atomic E-state index is -0.248. The molecule has 0 saturated heterocycles. The number of aromatic hydroxyl groups is 1. The van der Waals surface area contributed by atoms with Gasteiger partial charge in [0.15, 0.2) is 16.3 Å². The van der Waals surface area contributed by atoms with Crippen LogP contribution in [0.25, 0.3) is 11.8 Å². The first-order valence-electron chi connectivity index (χ1n) is 11.7. The van der Waals surface area contributed by atoms with Crippen molar-refractivity contribution >= 4 is 23.1 Å². The standard InChI is InChI=1S/C29H24N2O4S/c1-34-20-11-8-19(9-12-20)27-22-13-10-18-5-3-4-6-21(18)26(22)30-29-31(27)28(33)25(36-29)16-17-7-14-24(35-2)23(32)15-17/h3-9,11-12,14-16,27,32H,10,13H2,1-2H3/b25-16+/t27-/m1/s1. The second kappa shape index (κ2) is 8.84. The molecule has 1 aliphatic heterocycles. The fourth-order valence-corrected chi connectivity index (χ4v) is 6.06. The summed E-state index contributed by atoms with van der Waals surface area (Å²) in [6.07, 6.45) is 3.54. The van der Waals surface area contributed by atoms with Crippen LogP contribution in [-0.2, 0) is 6.42 Å². The predicted molar refractivity (Wildman–Crippen MR) is 140 cm³/mol. The van der Waals surface area contributed by atoms with Gasteiger partial charge in [-0.05, 0) is 65.4 Å². The number of allylic oxidation sites excluding steroid dienone is 1. The number of benzene rings is 3. The predicted octanol–water partition coefficient (Wildman–Crippen LogP) is 4.04. The Hall–Kier alpha value is -4.10. The van der Waals surface area contributed by atoms with Gasteiger partial charge in [-0.2, -0.15) is 0 Å². The van der Waals surface area contributed by atoms with Gasteiger partial charge in [0.25, 0.3) is 5.56 Å². The summed E-state index contributed by atoms with van der Waals surface area (Å²) in [5, 5.41) is 10.2. The first kappa shape index (κ1) is 22.4. The van der Waals surface area contributed by atoms with E-state index in [0.29, 0.717) is 20.6 Å². The van der Waals surface area contributed by atoms with Crippen molar-refractivity contribution in [2.75, 3.05) is 14.2 Å². The fraction of sp³-hybridized carbons (Fsp3) is 0.172. The lowest BCUT2D eigenvalue weighted by molar-refractivity contribution is 0.373. The molecule has 0 unspecified atom stereocenters. The number of rotatable bonds is 4. The molecule has 1 atom stereocenters. The van der Waals surface area contributed by atoms with E-state index in [1.807, 2.05) is 41.0 Å². The van der Waals surface area contributed by atoms with E-state index in [-0.39, 0.29) is 17.4 Å². The molecule has 0 saturated carbocycles. The van der Waals surface area contributed by atoms with Crippen LogP contribution < -0.4 is 24.4 Å². The summed E-state index contributed by atoms with van der Waals surface area (Å²) in [4.78, 5) is 19.5. The largest absolute Gasteiger partial charge is 0.504 e. The molecule has 0 spiro atoms. The molecule has 180 valence electrons. The third kappa shape index (κ3) is 3.63. The third-order valence-electron chi connectivity index (χ3n) is 6.81. The molecular formula is C29H24N2O4S. The Labute approximate surface area is 211 Å². The summed E-state index contributed by atoms with van der Waals surface area (Å²) >= 11 is 1.37. The maximum absolute atomic E-state index is 13.8. The van der Waals surface area contributed by atoms with Crippen LogP contribution in [0.2, 0.25) is 0 Å². The number of fused-ring (bicyclic) bond motifs is 3. The molecule has 6 nitrogen and oxygen atoms in total. The van der Waals surface area contributed by atoms with Crippen LogP contribution in [0.3, 0.4) is 0 Å². The molecule has 0 bridgehead atoms. The number of phenols is 1. The summed E-state index contributed by atoms with van der Waals surface area (Å²) in [5.74, 6) is 1.19. The molecule has 1 N–H and O–H groups in total. The average molecular weight is 497 g/mol. The highest BCUT2D eigenvalue weighted by Crippen LogP contribution is 2.41. The minimum Gasteiger partial charge on any atom is -0.504 e. The molecule has 4 aromatic rings. The van der Waals surface area contributed by atoms with Crippen molar-refractivity contribution < 1.29 is 14.6 Å². The van der Waals surface area contributed by atoms with Gasteiger partial charge in [-0.25, -0.2) is 4.99 Å². The maximum Gasteiger partial charge on any atom is 0.271 e. The second-order valence-corrected chi connectivity index (χ2v) is 9.83. The summed E-state index contributed by atoms with van der Waals surface area (Å²) in [6, 6.07) is 21.1. The number of nitrogens with zero attached hydrogens (tertiary/aromatic N) is 2. The zero-order chi connectivity index (χ0) is 24.8. The van der Waals surface area contributed by atoms with Crippen molar-refractivity contribution in [1.29, 1.82) is 0 Å². The Morgan fingerprint density at radius 1 is 1.03 bits per heavy atom. The zero-order valence-corrected chi connectivity index (χ0v) is 20.7. The number of aromatic nitrogens is 1. The van der Waals surface area contributed by atoms with E-state index in [9.17, 15) is 9.90 Å². The van der Waals surface area contributed by atoms with Gasteiger partial charge in [0.1, 0.15) is 5.75 Å². The van der Waals surface area contributed by atoms with E-state index in [0.717, 1.165) is 41.0 Å². The molecule has 3 aromatic carbocycles. The molecule has 7 heteroatoms. The second-order valence-electron chi connectivity index (χ2n) is 8.82. The van der Waals surface area contributed by atoms with Gasteiger partial charge in [-0.3, -0.25) is 9.36 Å². The molecule has 0 amide bonds. The topological polar surface area (TPSA) is 73.1 Å². The van der Waals surface area contributed by atoms with Gasteiger partial charge in [-0.15, -0.1) is 0 Å². The van der Waals surface area contributed by atoms with Gasteiger partial charge in [0.05, 0.1) is 30.5 Å². The van der Waals surface area contributed by atoms with Crippen LogP contribution >= 0.6 is 11.3 Å². The molecule has 6 rings (SSSR count). The summed E-state index contributed by atoms with van der Waals surface area (Å²) in [6.45, 7) is 0. The lowest BCUT2D eigenvalue weighted by Gasteiger charge is -2.30. The summed E-state index contributed by atoms with van der Waals surface area (Å²) < 4.78 is 12.9. The SMILES string of the molecule is COc1ccc([C@@H]2C3=C(N=c4s/c(=C/c5ccc(OC)c(O)c5)c(=O)n42)c2ccccc2CC3)cc1. The average Bonchev–Trinajstić information content (AvgIpc) is 3.22. The number of hydrogen-bond acceptors (Lipinski definition) is 6. The van der Waals surface area contributed by atoms with Crippen molar-refractivity contribution in [1.82, 2.24) is 4.57 Å². The molecule has 2 heterocycles. The van der Waals surface area contributed by atoms with E-state index in [1.54, 1.807) is 25.3 Å². The Kier molecular flexibility index (Phi) is 5.49. The van der Waals surface area contributed by atoms with Crippen molar-refractivity contribution in [3.8, 4) is 17.2 Å². The monoisotopic (exact) mass is 496 g/mol. The van der Waals surface area contributed by atoms with E-state index < -0.39 is 0 Å². The Morgan fingerprint density at radius 3 is 2.58 bits per heavy atom. The normalized spacial score (nSPS) is 16.6. The molecular weight excluding hydrogens is 472 g/mol. The third-order valence-corrected chi connectivity index (χ3v) is 7.79. The molecule has 1 aliphatic carbocycles. The van der Waals surface area contributed by atoms with Crippen LogP contribution in [0, 0.1) is 0 Å². The Bertz CT molecular complexity index is 1700. The van der Waals surface area contributed by atoms with Gasteiger partial charge in [-0.1, -0.05) is 53.8 Å². The molecule has 1 aromatic heterocycles. The van der Waals surface area contributed by atoms with Crippen LogP contribution in [0.4, 0.5) is 0 Å². The smallest absolute Gasteiger partial charge is 0.271 e. The molecule has 0 fully saturated rings. The highest BCUT2D eigenvalue weighted by Gasteiger charge is 2.32. The van der Waals surface area contributed by atoms with Crippen LogP contribution in [0.5, 0.6) is 17.2 Å². The van der Waals surface area contributed by atoms with Crippen LogP contribution in [0.1, 0.15) is 34.7 Å². The minimum absolute atomic E-state index is 0.0298. The van der Waals surface area contributed by atoms with Gasteiger partial charge in [0.2, 0.25) is 0 Å². The van der Waals surface area contributed by atoms with Crippen molar-refractivity contribution in [2.45, 2.75) is 18.9 Å². The number of hydrogen-bond donors (Lipinski definition) is 1. The zero-order valence-electron chi connectivity index (χ0n) is 19.9. The number of methoxy groups -OCH3 is 2. The lowest BCUT2D eigenvalue weighted by Crippen LogP contribution is -2.38. The number of thiazole rings is 1. The van der Waals surface area contributed by atoms with E-state index in [1.165, 1.54) is 24.0 Å². The van der Waals surface area contributed by atoms with Crippen molar-refractivity contribution in [2.24, 2.45) is 4.99 Å². The van der Waals surface area contributed by atoms with Gasteiger partial charge < -0.3 is 14.6 Å². The first-order valence-corrected chi connectivity index (χ1v) is 12.5. The first-order chi connectivity index (χ1) is 17.6. The molecule has 2 aliphatic rings. The fourth-order valence-electron chi connectivity index (χ4n) is 5.06. The number of ether oxygens (including phenoxy) is 2. The maximum atomic E-state index is 13.8. The quantitative estimate of drug-likeness (QED) is 0.463. The van der Waals surface area contributed by atoms with Crippen LogP contribution in [-0.4, -0.2) is 23.9 Å². The number of phenolic OH excluding ortho intramolecular Hbond substituents is 1. The van der Waals surface area contributed by atoms with E-state index in [2.05, 4.69) is 18.2 Å². The van der Waals surface area contributed by atoms with Gasteiger partial charge >= 0.3 is 0 Å². The number of aryl methyl sites for hydroxylation is 1. The van der Waals surface area contributed by atoms with Crippen molar-refractivity contribution in [3.63, 3.8) is 0 Å². The molecule has 36 heavy (non-hydrogen) atoms.